The number of hydrogen-bond donors (Lipinski definition) is 0. The molecule has 2 rings (SSSR count). The van der Waals surface area contributed by atoms with Crippen LogP contribution in [0.4, 0.5) is 4.79 Å². The van der Waals surface area contributed by atoms with Gasteiger partial charge in [0.1, 0.15) is 12.4 Å². The Kier molecular flexibility index (Phi) is 3.27. The molecule has 1 aliphatic heterocycles. The number of cyclic esters (lactones) is 1. The number of methoxy groups -OCH3 is 1. The van der Waals surface area contributed by atoms with E-state index in [0.29, 0.717) is 24.5 Å². The topological polar surface area (TPSA) is 55.8 Å². The molecule has 90 valence electrons. The molecule has 1 fully saturated rings. The third-order valence-corrected chi connectivity index (χ3v) is 2.59. The lowest BCUT2D eigenvalue weighted by Crippen LogP contribution is -2.30. The van der Waals surface area contributed by atoms with Gasteiger partial charge in [-0.1, -0.05) is 12.1 Å². The van der Waals surface area contributed by atoms with Crippen molar-refractivity contribution < 1.29 is 19.1 Å². The number of hydrogen-bond acceptors (Lipinski definition) is 4. The predicted molar refractivity (Wildman–Crippen MR) is 60.2 cm³/mol. The maximum atomic E-state index is 12.0. The van der Waals surface area contributed by atoms with Gasteiger partial charge in [-0.25, -0.2) is 4.79 Å². The summed E-state index contributed by atoms with van der Waals surface area (Å²) >= 11 is 0. The Morgan fingerprint density at radius 2 is 2.24 bits per heavy atom. The summed E-state index contributed by atoms with van der Waals surface area (Å²) in [6, 6.07) is 6.95. The summed E-state index contributed by atoms with van der Waals surface area (Å²) in [7, 11) is 1.51. The maximum absolute atomic E-state index is 12.0. The Morgan fingerprint density at radius 1 is 1.47 bits per heavy atom. The minimum absolute atomic E-state index is 0.0270. The first-order valence-corrected chi connectivity index (χ1v) is 5.30. The molecular weight excluding hydrogens is 222 g/mol. The van der Waals surface area contributed by atoms with Crippen molar-refractivity contribution in [2.45, 2.75) is 0 Å². The van der Waals surface area contributed by atoms with Gasteiger partial charge in [0, 0.05) is 0 Å². The van der Waals surface area contributed by atoms with Gasteiger partial charge in [-0.05, 0) is 12.1 Å². The summed E-state index contributed by atoms with van der Waals surface area (Å²) in [5.74, 6) is 0.367. The molecule has 5 nitrogen and oxygen atoms in total. The van der Waals surface area contributed by atoms with E-state index in [2.05, 4.69) is 0 Å². The molecule has 0 radical (unpaired) electrons. The van der Waals surface area contributed by atoms with Gasteiger partial charge in [0.15, 0.2) is 5.78 Å². The smallest absolute Gasteiger partial charge is 0.410 e. The van der Waals surface area contributed by atoms with Crippen molar-refractivity contribution >= 4 is 11.9 Å². The molecule has 1 aliphatic rings. The van der Waals surface area contributed by atoms with Crippen molar-refractivity contribution in [1.29, 1.82) is 0 Å². The number of carbonyl (C=O) groups is 2. The lowest BCUT2D eigenvalue weighted by atomic mass is 10.1. The quantitative estimate of drug-likeness (QED) is 0.739. The summed E-state index contributed by atoms with van der Waals surface area (Å²) in [4.78, 5) is 24.6. The SMILES string of the molecule is COc1ccccc1C(=O)CN1CCOC1=O. The van der Waals surface area contributed by atoms with Crippen LogP contribution in [0.5, 0.6) is 5.75 Å². The number of para-hydroxylation sites is 1. The fourth-order valence-electron chi connectivity index (χ4n) is 1.70. The Bertz CT molecular complexity index is 444. The molecule has 1 heterocycles. The third kappa shape index (κ3) is 2.38. The highest BCUT2D eigenvalue weighted by Gasteiger charge is 2.25. The van der Waals surface area contributed by atoms with E-state index in [4.69, 9.17) is 9.47 Å². The lowest BCUT2D eigenvalue weighted by molar-refractivity contribution is 0.0940. The van der Waals surface area contributed by atoms with Crippen LogP contribution >= 0.6 is 0 Å². The molecule has 1 amide bonds. The summed E-state index contributed by atoms with van der Waals surface area (Å²) in [6.07, 6.45) is -0.437. The van der Waals surface area contributed by atoms with Gasteiger partial charge in [-0.15, -0.1) is 0 Å². The van der Waals surface area contributed by atoms with E-state index in [0.717, 1.165) is 0 Å². The van der Waals surface area contributed by atoms with Gasteiger partial charge >= 0.3 is 6.09 Å². The number of Topliss-reactive ketones (excluding diaryl/α,β-unsaturated/α-hetero) is 1. The Morgan fingerprint density at radius 3 is 2.88 bits per heavy atom. The summed E-state index contributed by atoms with van der Waals surface area (Å²) in [5, 5.41) is 0. The van der Waals surface area contributed by atoms with Crippen molar-refractivity contribution in [3.8, 4) is 5.75 Å². The number of rotatable bonds is 4. The van der Waals surface area contributed by atoms with Gasteiger partial charge in [0.25, 0.3) is 0 Å². The van der Waals surface area contributed by atoms with E-state index in [-0.39, 0.29) is 12.3 Å². The Labute approximate surface area is 98.9 Å². The van der Waals surface area contributed by atoms with E-state index in [1.807, 2.05) is 0 Å². The zero-order chi connectivity index (χ0) is 12.3. The molecule has 0 atom stereocenters. The van der Waals surface area contributed by atoms with E-state index in [1.165, 1.54) is 12.0 Å². The molecule has 0 N–H and O–H groups in total. The second kappa shape index (κ2) is 4.86. The highest BCUT2D eigenvalue weighted by molar-refractivity contribution is 6.01. The highest BCUT2D eigenvalue weighted by Crippen LogP contribution is 2.18. The minimum atomic E-state index is -0.437. The van der Waals surface area contributed by atoms with Crippen LogP contribution in [0.25, 0.3) is 0 Å². The van der Waals surface area contributed by atoms with E-state index < -0.39 is 6.09 Å². The first-order valence-electron chi connectivity index (χ1n) is 5.30. The molecule has 0 bridgehead atoms. The monoisotopic (exact) mass is 235 g/mol. The largest absolute Gasteiger partial charge is 0.496 e. The number of benzene rings is 1. The number of nitrogens with zero attached hydrogens (tertiary/aromatic N) is 1. The first-order chi connectivity index (χ1) is 8.22. The molecule has 17 heavy (non-hydrogen) atoms. The molecule has 1 saturated heterocycles. The van der Waals surface area contributed by atoms with Crippen molar-refractivity contribution in [2.75, 3.05) is 26.8 Å². The van der Waals surface area contributed by atoms with Crippen molar-refractivity contribution in [2.24, 2.45) is 0 Å². The van der Waals surface area contributed by atoms with Gasteiger partial charge in [-0.3, -0.25) is 9.69 Å². The molecule has 0 spiro atoms. The first kappa shape index (κ1) is 11.4. The van der Waals surface area contributed by atoms with Crippen LogP contribution in [-0.4, -0.2) is 43.6 Å². The number of amides is 1. The summed E-state index contributed by atoms with van der Waals surface area (Å²) in [6.45, 7) is 0.830. The van der Waals surface area contributed by atoms with E-state index in [1.54, 1.807) is 24.3 Å². The second-order valence-corrected chi connectivity index (χ2v) is 3.66. The third-order valence-electron chi connectivity index (χ3n) is 2.59. The molecule has 0 aliphatic carbocycles. The zero-order valence-corrected chi connectivity index (χ0v) is 9.51. The average molecular weight is 235 g/mol. The minimum Gasteiger partial charge on any atom is -0.496 e. The summed E-state index contributed by atoms with van der Waals surface area (Å²) < 4.78 is 9.86. The molecular formula is C12H13NO4. The van der Waals surface area contributed by atoms with Gasteiger partial charge < -0.3 is 9.47 Å². The lowest BCUT2D eigenvalue weighted by Gasteiger charge is -2.12. The number of ketones is 1. The molecule has 1 aromatic rings. The standard InChI is InChI=1S/C12H13NO4/c1-16-11-5-3-2-4-9(11)10(14)8-13-6-7-17-12(13)15/h2-5H,6-8H2,1H3. The second-order valence-electron chi connectivity index (χ2n) is 3.66. The van der Waals surface area contributed by atoms with Gasteiger partial charge in [0.05, 0.1) is 25.8 Å². The molecule has 0 saturated carbocycles. The van der Waals surface area contributed by atoms with Crippen LogP contribution in [0.2, 0.25) is 0 Å². The van der Waals surface area contributed by atoms with Gasteiger partial charge in [0.2, 0.25) is 0 Å². The highest BCUT2D eigenvalue weighted by atomic mass is 16.6. The summed E-state index contributed by atoms with van der Waals surface area (Å²) in [5.41, 5.74) is 0.481. The fraction of sp³-hybridized carbons (Fsp3) is 0.333. The number of ether oxygens (including phenoxy) is 2. The fourth-order valence-corrected chi connectivity index (χ4v) is 1.70. The maximum Gasteiger partial charge on any atom is 0.410 e. The zero-order valence-electron chi connectivity index (χ0n) is 9.51. The van der Waals surface area contributed by atoms with Crippen molar-refractivity contribution in [1.82, 2.24) is 4.90 Å². The van der Waals surface area contributed by atoms with Crippen LogP contribution in [0.1, 0.15) is 10.4 Å². The Balaban J connectivity index is 2.11. The van der Waals surface area contributed by atoms with Crippen LogP contribution in [0.15, 0.2) is 24.3 Å². The normalized spacial score (nSPS) is 14.6. The van der Waals surface area contributed by atoms with Gasteiger partial charge in [-0.2, -0.15) is 0 Å². The molecule has 0 unspecified atom stereocenters. The molecule has 1 aromatic carbocycles. The van der Waals surface area contributed by atoms with Crippen LogP contribution in [-0.2, 0) is 4.74 Å². The van der Waals surface area contributed by atoms with Crippen molar-refractivity contribution in [3.63, 3.8) is 0 Å². The van der Waals surface area contributed by atoms with Crippen LogP contribution in [0, 0.1) is 0 Å². The average Bonchev–Trinajstić information content (AvgIpc) is 2.75. The van der Waals surface area contributed by atoms with E-state index >= 15 is 0 Å². The number of carbonyl (C=O) groups excluding carboxylic acids is 2. The predicted octanol–water partition coefficient (Wildman–Crippen LogP) is 1.33. The molecule has 0 aromatic heterocycles. The van der Waals surface area contributed by atoms with E-state index in [9.17, 15) is 9.59 Å². The van der Waals surface area contributed by atoms with Crippen molar-refractivity contribution in [3.05, 3.63) is 29.8 Å². The Hall–Kier alpha value is -2.04. The van der Waals surface area contributed by atoms with Crippen LogP contribution in [0.3, 0.4) is 0 Å². The van der Waals surface area contributed by atoms with Crippen LogP contribution < -0.4 is 4.74 Å². The molecule has 5 heteroatoms.